The fraction of sp³-hybridized carbons (Fsp3) is 0.650. The number of alkyl halides is 3. The lowest BCUT2D eigenvalue weighted by molar-refractivity contribution is -0.182. The minimum absolute atomic E-state index is 0.0146. The normalized spacial score (nSPS) is 20.3. The molecule has 2 rings (SSSR count). The molecular weight excluding hydrogens is 385 g/mol. The van der Waals surface area contributed by atoms with Gasteiger partial charge in [0.1, 0.15) is 0 Å². The van der Waals surface area contributed by atoms with Gasteiger partial charge in [0.2, 0.25) is 0 Å². The average molecular weight is 416 g/mol. The number of anilines is 3. The number of nitrogens with two attached hydrogens (primary N) is 1. The highest BCUT2D eigenvalue weighted by Crippen LogP contribution is 2.38. The van der Waals surface area contributed by atoms with E-state index in [1.165, 1.54) is 0 Å². The number of hydrogen-bond acceptors (Lipinski definition) is 5. The second-order valence-corrected chi connectivity index (χ2v) is 8.44. The van der Waals surface area contributed by atoms with Gasteiger partial charge >= 0.3 is 6.18 Å². The zero-order valence-electron chi connectivity index (χ0n) is 17.4. The van der Waals surface area contributed by atoms with Crippen LogP contribution < -0.4 is 21.3 Å². The van der Waals surface area contributed by atoms with Crippen molar-refractivity contribution in [1.29, 1.82) is 0 Å². The molecular formula is C20H31F3N4O2. The van der Waals surface area contributed by atoms with Crippen molar-refractivity contribution >= 4 is 23.0 Å². The summed E-state index contributed by atoms with van der Waals surface area (Å²) in [6.45, 7) is 3.61. The predicted octanol–water partition coefficient (Wildman–Crippen LogP) is 3.37. The lowest BCUT2D eigenvalue weighted by Gasteiger charge is -2.32. The molecule has 0 saturated heterocycles. The number of likely N-dealkylation sites (N-methyl/N-ethyl adjacent to an activating group) is 1. The number of nitrogen functional groups attached to an aromatic ring is 1. The molecule has 29 heavy (non-hydrogen) atoms. The first kappa shape index (κ1) is 23.1. The molecule has 1 amide bonds. The van der Waals surface area contributed by atoms with E-state index < -0.39 is 17.7 Å². The van der Waals surface area contributed by atoms with E-state index in [4.69, 9.17) is 5.73 Å². The van der Waals surface area contributed by atoms with Crippen molar-refractivity contribution in [3.05, 3.63) is 17.7 Å². The Balaban J connectivity index is 2.19. The van der Waals surface area contributed by atoms with E-state index in [1.807, 2.05) is 0 Å². The van der Waals surface area contributed by atoms with Gasteiger partial charge in [-0.1, -0.05) is 0 Å². The fourth-order valence-corrected chi connectivity index (χ4v) is 3.81. The lowest BCUT2D eigenvalue weighted by Crippen LogP contribution is -2.41. The van der Waals surface area contributed by atoms with E-state index in [0.717, 1.165) is 0 Å². The Labute approximate surface area is 169 Å². The van der Waals surface area contributed by atoms with Crippen molar-refractivity contribution in [2.75, 3.05) is 36.6 Å². The number of halogens is 3. The van der Waals surface area contributed by atoms with Crippen molar-refractivity contribution in [2.24, 2.45) is 5.92 Å². The molecule has 5 N–H and O–H groups in total. The Morgan fingerprint density at radius 1 is 1.24 bits per heavy atom. The molecule has 1 aliphatic rings. The molecule has 0 spiro atoms. The third-order valence-corrected chi connectivity index (χ3v) is 5.24. The summed E-state index contributed by atoms with van der Waals surface area (Å²) in [4.78, 5) is 14.7. The molecule has 1 saturated carbocycles. The largest absolute Gasteiger partial charge is 0.397 e. The van der Waals surface area contributed by atoms with E-state index in [9.17, 15) is 23.1 Å². The summed E-state index contributed by atoms with van der Waals surface area (Å²) in [5.74, 6) is -1.68. The summed E-state index contributed by atoms with van der Waals surface area (Å²) in [5.41, 5.74) is 6.98. The van der Waals surface area contributed by atoms with Gasteiger partial charge in [-0.2, -0.15) is 13.2 Å². The van der Waals surface area contributed by atoms with Crippen LogP contribution in [0.25, 0.3) is 0 Å². The molecule has 0 aromatic heterocycles. The zero-order chi connectivity index (χ0) is 22.0. The fourth-order valence-electron chi connectivity index (χ4n) is 3.81. The zero-order valence-corrected chi connectivity index (χ0v) is 17.4. The quantitative estimate of drug-likeness (QED) is 0.534. The first-order valence-electron chi connectivity index (χ1n) is 9.74. The van der Waals surface area contributed by atoms with Crippen molar-refractivity contribution in [3.63, 3.8) is 0 Å². The van der Waals surface area contributed by atoms with Crippen LogP contribution in [0, 0.1) is 5.92 Å². The molecule has 1 aromatic rings. The summed E-state index contributed by atoms with van der Waals surface area (Å²) >= 11 is 0. The summed E-state index contributed by atoms with van der Waals surface area (Å²) in [6.07, 6.45) is -3.58. The SMILES string of the molecule is CNc1cc(N(C)CC(C)(C)O)c(C(=O)NC2CCC(C(F)(F)F)CC2)cc1N. The molecule has 6 nitrogen and oxygen atoms in total. The minimum Gasteiger partial charge on any atom is -0.397 e. The number of hydrogen-bond donors (Lipinski definition) is 4. The number of aliphatic hydroxyl groups is 1. The predicted molar refractivity (Wildman–Crippen MR) is 109 cm³/mol. The average Bonchev–Trinajstić information content (AvgIpc) is 2.59. The van der Waals surface area contributed by atoms with Crippen LogP contribution in [0.4, 0.5) is 30.2 Å². The van der Waals surface area contributed by atoms with Gasteiger partial charge in [0, 0.05) is 26.7 Å². The molecule has 1 aromatic carbocycles. The number of carbonyl (C=O) groups excluding carboxylic acids is 1. The van der Waals surface area contributed by atoms with E-state index in [1.54, 1.807) is 45.0 Å². The molecule has 0 radical (unpaired) electrons. The Morgan fingerprint density at radius 3 is 2.31 bits per heavy atom. The van der Waals surface area contributed by atoms with Crippen molar-refractivity contribution in [2.45, 2.75) is 57.3 Å². The van der Waals surface area contributed by atoms with Crippen LogP contribution >= 0.6 is 0 Å². The second-order valence-electron chi connectivity index (χ2n) is 8.44. The third kappa shape index (κ3) is 6.16. The highest BCUT2D eigenvalue weighted by atomic mass is 19.4. The van der Waals surface area contributed by atoms with Gasteiger partial charge in [-0.25, -0.2) is 0 Å². The van der Waals surface area contributed by atoms with Gasteiger partial charge in [-0.15, -0.1) is 0 Å². The molecule has 0 heterocycles. The number of benzene rings is 1. The van der Waals surface area contributed by atoms with Crippen LogP contribution in [-0.4, -0.2) is 49.5 Å². The summed E-state index contributed by atoms with van der Waals surface area (Å²) in [6, 6.07) is 2.98. The number of nitrogens with one attached hydrogen (secondary N) is 2. The van der Waals surface area contributed by atoms with Crippen LogP contribution in [0.1, 0.15) is 49.9 Å². The van der Waals surface area contributed by atoms with Crippen molar-refractivity contribution < 1.29 is 23.1 Å². The van der Waals surface area contributed by atoms with Gasteiger partial charge in [0.05, 0.1) is 34.1 Å². The maximum Gasteiger partial charge on any atom is 0.391 e. The van der Waals surface area contributed by atoms with Crippen LogP contribution in [0.3, 0.4) is 0 Å². The maximum atomic E-state index is 12.9. The lowest BCUT2D eigenvalue weighted by atomic mass is 9.85. The standard InChI is InChI=1S/C20H31F3N4O2/c1-19(2,29)11-27(4)17-10-16(25-3)15(24)9-14(17)18(28)26-13-7-5-12(6-8-13)20(21,22)23/h9-10,12-13,25,29H,5-8,11,24H2,1-4H3,(H,26,28). The van der Waals surface area contributed by atoms with Crippen LogP contribution in [-0.2, 0) is 0 Å². The van der Waals surface area contributed by atoms with E-state index in [2.05, 4.69) is 10.6 Å². The third-order valence-electron chi connectivity index (χ3n) is 5.24. The Kier molecular flexibility index (Phi) is 6.93. The first-order chi connectivity index (χ1) is 13.3. The topological polar surface area (TPSA) is 90.6 Å². The molecule has 1 fully saturated rings. The van der Waals surface area contributed by atoms with Crippen LogP contribution in [0.5, 0.6) is 0 Å². The number of nitrogens with zero attached hydrogens (tertiary/aromatic N) is 1. The van der Waals surface area contributed by atoms with Gasteiger partial charge in [0.15, 0.2) is 0 Å². The number of carbonyl (C=O) groups is 1. The van der Waals surface area contributed by atoms with Gasteiger partial charge in [0.25, 0.3) is 5.91 Å². The molecule has 0 atom stereocenters. The van der Waals surface area contributed by atoms with Crippen LogP contribution in [0.2, 0.25) is 0 Å². The molecule has 164 valence electrons. The van der Waals surface area contributed by atoms with Crippen molar-refractivity contribution in [1.82, 2.24) is 5.32 Å². The smallest absolute Gasteiger partial charge is 0.391 e. The van der Waals surface area contributed by atoms with E-state index in [0.29, 0.717) is 22.6 Å². The second kappa shape index (κ2) is 8.69. The number of rotatable bonds is 6. The summed E-state index contributed by atoms with van der Waals surface area (Å²) in [7, 11) is 3.47. The Morgan fingerprint density at radius 2 is 1.83 bits per heavy atom. The van der Waals surface area contributed by atoms with Crippen LogP contribution in [0.15, 0.2) is 12.1 Å². The van der Waals surface area contributed by atoms with E-state index >= 15 is 0 Å². The first-order valence-corrected chi connectivity index (χ1v) is 9.74. The van der Waals surface area contributed by atoms with Crippen molar-refractivity contribution in [3.8, 4) is 0 Å². The summed E-state index contributed by atoms with van der Waals surface area (Å²) in [5, 5.41) is 16.0. The van der Waals surface area contributed by atoms with Gasteiger partial charge in [-0.3, -0.25) is 4.79 Å². The highest BCUT2D eigenvalue weighted by molar-refractivity contribution is 6.02. The highest BCUT2D eigenvalue weighted by Gasteiger charge is 2.41. The molecule has 0 aliphatic heterocycles. The molecule has 0 unspecified atom stereocenters. The minimum atomic E-state index is -4.18. The molecule has 1 aliphatic carbocycles. The Bertz CT molecular complexity index is 724. The van der Waals surface area contributed by atoms with Gasteiger partial charge < -0.3 is 26.4 Å². The summed E-state index contributed by atoms with van der Waals surface area (Å²) < 4.78 is 38.6. The monoisotopic (exact) mass is 416 g/mol. The maximum absolute atomic E-state index is 12.9. The van der Waals surface area contributed by atoms with E-state index in [-0.39, 0.29) is 44.2 Å². The number of amides is 1. The Hall–Kier alpha value is -2.16. The van der Waals surface area contributed by atoms with Gasteiger partial charge in [-0.05, 0) is 51.7 Å². The molecule has 0 bridgehead atoms. The molecule has 9 heteroatoms.